The summed E-state index contributed by atoms with van der Waals surface area (Å²) in [5, 5.41) is 28.4. The zero-order valence-electron chi connectivity index (χ0n) is 18.7. The molecule has 0 aromatic carbocycles. The number of carboxylic acid groups (broad SMARTS) is 2. The van der Waals surface area contributed by atoms with Gasteiger partial charge in [-0.05, 0) is 31.6 Å². The number of allylic oxidation sites excluding steroid dienone is 1. The number of hydrogen-bond donors (Lipinski definition) is 3. The minimum Gasteiger partial charge on any atom is -0.481 e. The van der Waals surface area contributed by atoms with Gasteiger partial charge in [-0.15, -0.1) is 11.8 Å². The number of thioether (sulfide) groups is 1. The standard InChI is InChI=1S/C24H42O5S/c1-2-3-4-5-6-7-8-9-10-11-12-13-14-19-15-16-20(17-21(25)26)23(29)24(19)30-18-22(27)28/h14,20,23-24,29H,2-13,15-18H2,1H3,(H,25,26)(H,27,28)/b19-14+/t20-,23-,24-/m0/s1. The molecule has 1 aliphatic rings. The van der Waals surface area contributed by atoms with Crippen LogP contribution in [0.1, 0.15) is 103 Å². The molecule has 1 fully saturated rings. The lowest BCUT2D eigenvalue weighted by molar-refractivity contribution is -0.139. The molecule has 3 N–H and O–H groups in total. The van der Waals surface area contributed by atoms with Gasteiger partial charge in [0.2, 0.25) is 0 Å². The molecule has 0 spiro atoms. The van der Waals surface area contributed by atoms with Gasteiger partial charge in [0.15, 0.2) is 0 Å². The second-order valence-corrected chi connectivity index (χ2v) is 9.75. The highest BCUT2D eigenvalue weighted by Gasteiger charge is 2.36. The van der Waals surface area contributed by atoms with Crippen molar-refractivity contribution < 1.29 is 24.9 Å². The fourth-order valence-corrected chi connectivity index (χ4v) is 5.43. The highest BCUT2D eigenvalue weighted by Crippen LogP contribution is 2.38. The highest BCUT2D eigenvalue weighted by atomic mass is 32.2. The minimum atomic E-state index is -0.908. The second-order valence-electron chi connectivity index (χ2n) is 8.62. The molecule has 1 aliphatic carbocycles. The molecule has 5 nitrogen and oxygen atoms in total. The topological polar surface area (TPSA) is 94.8 Å². The maximum absolute atomic E-state index is 11.0. The van der Waals surface area contributed by atoms with Crippen LogP contribution in [-0.4, -0.2) is 44.4 Å². The van der Waals surface area contributed by atoms with E-state index < -0.39 is 18.0 Å². The lowest BCUT2D eigenvalue weighted by atomic mass is 9.80. The van der Waals surface area contributed by atoms with Crippen molar-refractivity contribution in [3.8, 4) is 0 Å². The Bertz CT molecular complexity index is 520. The quantitative estimate of drug-likeness (QED) is 0.188. The monoisotopic (exact) mass is 442 g/mol. The first-order valence-corrected chi connectivity index (χ1v) is 12.9. The van der Waals surface area contributed by atoms with Crippen LogP contribution in [0.3, 0.4) is 0 Å². The molecule has 0 heterocycles. The number of hydrogen-bond acceptors (Lipinski definition) is 4. The van der Waals surface area contributed by atoms with E-state index in [0.717, 1.165) is 24.8 Å². The summed E-state index contributed by atoms with van der Waals surface area (Å²) in [6, 6.07) is 0. The summed E-state index contributed by atoms with van der Waals surface area (Å²) >= 11 is 1.23. The van der Waals surface area contributed by atoms with E-state index in [2.05, 4.69) is 13.0 Å². The lowest BCUT2D eigenvalue weighted by Gasteiger charge is -2.36. The average molecular weight is 443 g/mol. The van der Waals surface area contributed by atoms with Crippen molar-refractivity contribution in [2.75, 3.05) is 5.75 Å². The zero-order valence-corrected chi connectivity index (χ0v) is 19.5. The summed E-state index contributed by atoms with van der Waals surface area (Å²) < 4.78 is 0. The van der Waals surface area contributed by atoms with Crippen LogP contribution in [0.2, 0.25) is 0 Å². The Balaban J connectivity index is 2.30. The van der Waals surface area contributed by atoms with Gasteiger partial charge in [-0.25, -0.2) is 0 Å². The zero-order chi connectivity index (χ0) is 22.2. The number of rotatable bonds is 17. The van der Waals surface area contributed by atoms with Crippen LogP contribution >= 0.6 is 11.8 Å². The van der Waals surface area contributed by atoms with E-state index in [1.165, 1.54) is 76.0 Å². The second kappa shape index (κ2) is 16.7. The Hall–Kier alpha value is -1.01. The molecular weight excluding hydrogens is 400 g/mol. The predicted octanol–water partition coefficient (Wildman–Crippen LogP) is 6.05. The summed E-state index contributed by atoms with van der Waals surface area (Å²) in [7, 11) is 0. The molecule has 30 heavy (non-hydrogen) atoms. The molecule has 0 unspecified atom stereocenters. The van der Waals surface area contributed by atoms with E-state index in [9.17, 15) is 14.7 Å². The van der Waals surface area contributed by atoms with E-state index in [0.29, 0.717) is 6.42 Å². The van der Waals surface area contributed by atoms with Gasteiger partial charge in [0.05, 0.1) is 23.5 Å². The van der Waals surface area contributed by atoms with Crippen LogP contribution in [0.4, 0.5) is 0 Å². The number of aliphatic carboxylic acids is 2. The maximum Gasteiger partial charge on any atom is 0.313 e. The normalized spacial score (nSPS) is 23.0. The number of unbranched alkanes of at least 4 members (excludes halogenated alkanes) is 11. The summed E-state index contributed by atoms with van der Waals surface area (Å²) in [5.74, 6) is -2.18. The van der Waals surface area contributed by atoms with Gasteiger partial charge in [-0.2, -0.15) is 0 Å². The van der Waals surface area contributed by atoms with Gasteiger partial charge in [0, 0.05) is 0 Å². The Morgan fingerprint density at radius 1 is 0.933 bits per heavy atom. The third kappa shape index (κ3) is 12.0. The Morgan fingerprint density at radius 3 is 2.03 bits per heavy atom. The van der Waals surface area contributed by atoms with E-state index in [1.54, 1.807) is 0 Å². The van der Waals surface area contributed by atoms with Crippen LogP contribution in [0.5, 0.6) is 0 Å². The van der Waals surface area contributed by atoms with Crippen LogP contribution in [0.15, 0.2) is 11.6 Å². The van der Waals surface area contributed by atoms with E-state index in [4.69, 9.17) is 10.2 Å². The lowest BCUT2D eigenvalue weighted by Crippen LogP contribution is -2.38. The Labute approximate surface area is 186 Å². The first-order chi connectivity index (χ1) is 14.5. The molecule has 174 valence electrons. The van der Waals surface area contributed by atoms with Crippen LogP contribution in [0, 0.1) is 5.92 Å². The summed E-state index contributed by atoms with van der Waals surface area (Å²) in [6.45, 7) is 2.25. The van der Waals surface area contributed by atoms with Crippen molar-refractivity contribution in [1.82, 2.24) is 0 Å². The minimum absolute atomic E-state index is 0.0584. The van der Waals surface area contributed by atoms with Crippen molar-refractivity contribution in [3.05, 3.63) is 11.6 Å². The van der Waals surface area contributed by atoms with Crippen LogP contribution in [-0.2, 0) is 9.59 Å². The number of carboxylic acids is 2. The predicted molar refractivity (Wildman–Crippen MR) is 124 cm³/mol. The summed E-state index contributed by atoms with van der Waals surface area (Å²) in [6.07, 6.45) is 18.0. The molecule has 0 amide bonds. The fourth-order valence-electron chi connectivity index (χ4n) is 4.26. The van der Waals surface area contributed by atoms with Crippen molar-refractivity contribution in [1.29, 1.82) is 0 Å². The molecule has 0 aliphatic heterocycles. The maximum atomic E-state index is 11.0. The summed E-state index contributed by atoms with van der Waals surface area (Å²) in [5.41, 5.74) is 1.10. The van der Waals surface area contributed by atoms with Crippen molar-refractivity contribution in [3.63, 3.8) is 0 Å². The van der Waals surface area contributed by atoms with Crippen molar-refractivity contribution in [2.45, 2.75) is 115 Å². The number of aliphatic hydroxyl groups is 1. The van der Waals surface area contributed by atoms with E-state index >= 15 is 0 Å². The van der Waals surface area contributed by atoms with Gasteiger partial charge < -0.3 is 15.3 Å². The average Bonchev–Trinajstić information content (AvgIpc) is 2.69. The Kier molecular flexibility index (Phi) is 15.0. The largest absolute Gasteiger partial charge is 0.481 e. The van der Waals surface area contributed by atoms with Gasteiger partial charge in [0.1, 0.15) is 0 Å². The first kappa shape index (κ1) is 27.0. The Morgan fingerprint density at radius 2 is 1.50 bits per heavy atom. The molecule has 6 heteroatoms. The number of carbonyl (C=O) groups is 2. The third-order valence-electron chi connectivity index (χ3n) is 6.00. The van der Waals surface area contributed by atoms with Gasteiger partial charge >= 0.3 is 11.9 Å². The van der Waals surface area contributed by atoms with Gasteiger partial charge in [-0.1, -0.05) is 82.8 Å². The van der Waals surface area contributed by atoms with Crippen LogP contribution in [0.25, 0.3) is 0 Å². The molecular formula is C24H42O5S. The number of aliphatic hydroxyl groups excluding tert-OH is 1. The van der Waals surface area contributed by atoms with E-state index in [1.807, 2.05) is 0 Å². The third-order valence-corrected chi connectivity index (χ3v) is 7.35. The van der Waals surface area contributed by atoms with Crippen LogP contribution < -0.4 is 0 Å². The molecule has 0 saturated heterocycles. The summed E-state index contributed by atoms with van der Waals surface area (Å²) in [4.78, 5) is 22.0. The highest BCUT2D eigenvalue weighted by molar-refractivity contribution is 8.00. The smallest absolute Gasteiger partial charge is 0.313 e. The molecule has 3 atom stereocenters. The van der Waals surface area contributed by atoms with Gasteiger partial charge in [-0.3, -0.25) is 9.59 Å². The molecule has 0 aromatic heterocycles. The molecule has 0 radical (unpaired) electrons. The first-order valence-electron chi connectivity index (χ1n) is 11.9. The molecule has 0 bridgehead atoms. The fraction of sp³-hybridized carbons (Fsp3) is 0.833. The van der Waals surface area contributed by atoms with Gasteiger partial charge in [0.25, 0.3) is 0 Å². The van der Waals surface area contributed by atoms with E-state index in [-0.39, 0.29) is 23.3 Å². The molecule has 0 aromatic rings. The molecule has 1 saturated carbocycles. The molecule has 1 rings (SSSR count). The van der Waals surface area contributed by atoms with Crippen molar-refractivity contribution in [2.24, 2.45) is 5.92 Å². The van der Waals surface area contributed by atoms with Crippen molar-refractivity contribution >= 4 is 23.7 Å². The SMILES string of the molecule is CCCCCCCCCCCCC/C=C1\CC[C@@H](CC(=O)O)[C@H](O)[C@H]1SCC(=O)O.